The van der Waals surface area contributed by atoms with Crippen molar-refractivity contribution in [1.29, 1.82) is 5.26 Å². The Morgan fingerprint density at radius 2 is 1.81 bits per heavy atom. The maximum atomic E-state index is 14.7. The zero-order valence-corrected chi connectivity index (χ0v) is 18.4. The van der Waals surface area contributed by atoms with Crippen LogP contribution >= 0.6 is 23.2 Å². The lowest BCUT2D eigenvalue weighted by molar-refractivity contribution is 0.390. The minimum Gasteiger partial charge on any atom is -0.440 e. The van der Waals surface area contributed by atoms with Gasteiger partial charge in [0.25, 0.3) is 0 Å². The van der Waals surface area contributed by atoms with Crippen LogP contribution in [-0.4, -0.2) is 8.42 Å². The number of benzene rings is 3. The lowest BCUT2D eigenvalue weighted by atomic mass is 9.83. The molecule has 4 rings (SSSR count). The maximum Gasteiger partial charge on any atom is 0.339 e. The lowest BCUT2D eigenvalue weighted by Crippen LogP contribution is -2.22. The van der Waals surface area contributed by atoms with Crippen LogP contribution in [0.5, 0.6) is 11.5 Å². The minimum absolute atomic E-state index is 0.0213. The van der Waals surface area contributed by atoms with Gasteiger partial charge in [0.15, 0.2) is 0 Å². The average molecular weight is 491 g/mol. The Morgan fingerprint density at radius 1 is 1.09 bits per heavy atom. The fraction of sp³-hybridized carbons (Fsp3) is 0.0455. The summed E-state index contributed by atoms with van der Waals surface area (Å²) in [5.74, 6) is -1.78. The molecule has 2 N–H and O–H groups in total. The number of hydrogen-bond acceptors (Lipinski definition) is 6. The van der Waals surface area contributed by atoms with Crippen molar-refractivity contribution in [2.24, 2.45) is 5.73 Å². The predicted molar refractivity (Wildman–Crippen MR) is 116 cm³/mol. The van der Waals surface area contributed by atoms with Gasteiger partial charge in [0.2, 0.25) is 5.88 Å². The van der Waals surface area contributed by atoms with Gasteiger partial charge in [-0.05, 0) is 42.5 Å². The van der Waals surface area contributed by atoms with Crippen LogP contribution in [0.2, 0.25) is 10.0 Å². The monoisotopic (exact) mass is 490 g/mol. The Bertz CT molecular complexity index is 1380. The van der Waals surface area contributed by atoms with Crippen molar-refractivity contribution in [3.05, 3.63) is 99.1 Å². The third-order valence-electron chi connectivity index (χ3n) is 4.79. The van der Waals surface area contributed by atoms with Gasteiger partial charge in [-0.3, -0.25) is 0 Å². The molecule has 0 saturated heterocycles. The van der Waals surface area contributed by atoms with Crippen LogP contribution in [0, 0.1) is 17.1 Å². The molecule has 32 heavy (non-hydrogen) atoms. The van der Waals surface area contributed by atoms with E-state index in [2.05, 4.69) is 0 Å². The van der Waals surface area contributed by atoms with E-state index in [1.165, 1.54) is 60.7 Å². The number of fused-ring (bicyclic) bond motifs is 1. The molecule has 162 valence electrons. The Hall–Kier alpha value is -3.25. The first kappa shape index (κ1) is 22.0. The Labute approximate surface area is 193 Å². The molecule has 1 aliphatic rings. The molecule has 3 aromatic carbocycles. The number of nitrogens with two attached hydrogens (primary N) is 1. The number of rotatable bonds is 4. The molecule has 0 bridgehead atoms. The molecule has 0 spiro atoms. The van der Waals surface area contributed by atoms with Gasteiger partial charge in [0.05, 0.1) is 5.92 Å². The number of nitrogens with zero attached hydrogens (tertiary/aromatic N) is 1. The summed E-state index contributed by atoms with van der Waals surface area (Å²) in [7, 11) is -4.16. The highest BCUT2D eigenvalue weighted by Gasteiger charge is 2.34. The summed E-state index contributed by atoms with van der Waals surface area (Å²) < 4.78 is 50.5. The SMILES string of the molecule is N#CC1=C(N)Oc2cc(OS(=O)(=O)c3ccc(Cl)cc3)ccc2C1c1c(F)cccc1Cl. The molecule has 1 aliphatic heterocycles. The van der Waals surface area contributed by atoms with Crippen molar-refractivity contribution in [2.75, 3.05) is 0 Å². The molecule has 0 aromatic heterocycles. The molecule has 6 nitrogen and oxygen atoms in total. The van der Waals surface area contributed by atoms with E-state index >= 15 is 0 Å². The maximum absolute atomic E-state index is 14.7. The smallest absolute Gasteiger partial charge is 0.339 e. The Balaban J connectivity index is 1.77. The van der Waals surface area contributed by atoms with Gasteiger partial charge in [-0.25, -0.2) is 4.39 Å². The van der Waals surface area contributed by atoms with Crippen molar-refractivity contribution in [2.45, 2.75) is 10.8 Å². The van der Waals surface area contributed by atoms with E-state index in [0.29, 0.717) is 10.6 Å². The van der Waals surface area contributed by atoms with E-state index in [0.717, 1.165) is 0 Å². The summed E-state index contributed by atoms with van der Waals surface area (Å²) in [6, 6.07) is 15.7. The number of ether oxygens (including phenoxy) is 1. The molecule has 0 radical (unpaired) electrons. The number of halogens is 3. The third-order valence-corrected chi connectivity index (χ3v) is 6.63. The molecular weight excluding hydrogens is 478 g/mol. The topological polar surface area (TPSA) is 102 Å². The normalized spacial score (nSPS) is 15.5. The lowest BCUT2D eigenvalue weighted by Gasteiger charge is -2.27. The van der Waals surface area contributed by atoms with Crippen LogP contribution in [0.4, 0.5) is 4.39 Å². The predicted octanol–water partition coefficient (Wildman–Crippen LogP) is 5.12. The zero-order chi connectivity index (χ0) is 23.0. The van der Waals surface area contributed by atoms with Crippen LogP contribution in [-0.2, 0) is 10.1 Å². The van der Waals surface area contributed by atoms with Crippen LogP contribution < -0.4 is 14.7 Å². The summed E-state index contributed by atoms with van der Waals surface area (Å²) >= 11 is 12.0. The molecule has 1 heterocycles. The standard InChI is InChI=1S/C22H13Cl2FN2O4S/c23-12-4-7-14(8-5-12)32(28,29)31-13-6-9-15-19(10-13)30-22(27)16(11-26)20(15)21-17(24)2-1-3-18(21)25/h1-10,20H,27H2. The molecule has 3 aromatic rings. The minimum atomic E-state index is -4.16. The first-order valence-electron chi connectivity index (χ1n) is 9.07. The van der Waals surface area contributed by atoms with Crippen molar-refractivity contribution in [1.82, 2.24) is 0 Å². The molecule has 10 heteroatoms. The molecule has 1 atom stereocenters. The van der Waals surface area contributed by atoms with Crippen molar-refractivity contribution >= 4 is 33.3 Å². The molecule has 0 saturated carbocycles. The molecular formula is C22H13Cl2FN2O4S. The Kier molecular flexibility index (Phi) is 5.73. The first-order valence-corrected chi connectivity index (χ1v) is 11.2. The van der Waals surface area contributed by atoms with Crippen molar-refractivity contribution < 1.29 is 21.7 Å². The van der Waals surface area contributed by atoms with Crippen LogP contribution in [0.25, 0.3) is 0 Å². The van der Waals surface area contributed by atoms with Gasteiger partial charge in [0, 0.05) is 27.2 Å². The molecule has 0 aliphatic carbocycles. The number of allylic oxidation sites excluding steroid dienone is 1. The van der Waals surface area contributed by atoms with Gasteiger partial charge in [-0.2, -0.15) is 13.7 Å². The summed E-state index contributed by atoms with van der Waals surface area (Å²) in [6.45, 7) is 0. The second kappa shape index (κ2) is 8.36. The van der Waals surface area contributed by atoms with E-state index in [4.69, 9.17) is 37.9 Å². The highest BCUT2D eigenvalue weighted by Crippen LogP contribution is 2.46. The Morgan fingerprint density at radius 3 is 2.47 bits per heavy atom. The third kappa shape index (κ3) is 3.98. The van der Waals surface area contributed by atoms with E-state index in [1.807, 2.05) is 6.07 Å². The van der Waals surface area contributed by atoms with Crippen molar-refractivity contribution in [3.8, 4) is 17.6 Å². The molecule has 0 amide bonds. The average Bonchev–Trinajstić information content (AvgIpc) is 2.73. The van der Waals surface area contributed by atoms with Crippen LogP contribution in [0.3, 0.4) is 0 Å². The van der Waals surface area contributed by atoms with E-state index in [1.54, 1.807) is 0 Å². The zero-order valence-electron chi connectivity index (χ0n) is 16.1. The number of nitriles is 1. The second-order valence-corrected chi connectivity index (χ2v) is 9.14. The van der Waals surface area contributed by atoms with Gasteiger partial charge >= 0.3 is 10.1 Å². The van der Waals surface area contributed by atoms with Gasteiger partial charge < -0.3 is 14.7 Å². The fourth-order valence-electron chi connectivity index (χ4n) is 3.35. The largest absolute Gasteiger partial charge is 0.440 e. The number of hydrogen-bond donors (Lipinski definition) is 1. The summed E-state index contributed by atoms with van der Waals surface area (Å²) in [4.78, 5) is -0.0947. The first-order chi connectivity index (χ1) is 15.2. The van der Waals surface area contributed by atoms with E-state index in [9.17, 15) is 18.1 Å². The molecule has 1 unspecified atom stereocenters. The highest BCUT2D eigenvalue weighted by atomic mass is 35.5. The van der Waals surface area contributed by atoms with Crippen LogP contribution in [0.1, 0.15) is 17.0 Å². The second-order valence-electron chi connectivity index (χ2n) is 6.75. The van der Waals surface area contributed by atoms with Gasteiger partial charge in [-0.15, -0.1) is 0 Å². The summed E-state index contributed by atoms with van der Waals surface area (Å²) in [6.07, 6.45) is 0. The fourth-order valence-corrected chi connectivity index (χ4v) is 4.67. The van der Waals surface area contributed by atoms with Crippen molar-refractivity contribution in [3.63, 3.8) is 0 Å². The summed E-state index contributed by atoms with van der Waals surface area (Å²) in [5.41, 5.74) is 6.32. The quantitative estimate of drug-likeness (QED) is 0.509. The van der Waals surface area contributed by atoms with Crippen LogP contribution in [0.15, 0.2) is 77.0 Å². The van der Waals surface area contributed by atoms with Gasteiger partial charge in [0.1, 0.15) is 33.9 Å². The highest BCUT2D eigenvalue weighted by molar-refractivity contribution is 7.87. The van der Waals surface area contributed by atoms with Gasteiger partial charge in [-0.1, -0.05) is 35.3 Å². The summed E-state index contributed by atoms with van der Waals surface area (Å²) in [5, 5.41) is 10.1. The van der Waals surface area contributed by atoms with E-state index < -0.39 is 21.9 Å². The molecule has 0 fully saturated rings. The van der Waals surface area contributed by atoms with E-state index in [-0.39, 0.29) is 38.4 Å².